The maximum absolute atomic E-state index is 13.1. The molecule has 0 saturated heterocycles. The minimum Gasteiger partial charge on any atom is -0.488 e. The van der Waals surface area contributed by atoms with Crippen molar-refractivity contribution in [2.24, 2.45) is 0 Å². The van der Waals surface area contributed by atoms with E-state index in [0.717, 1.165) is 15.9 Å². The summed E-state index contributed by atoms with van der Waals surface area (Å²) in [5.74, 6) is 1.19. The molecule has 98 valence electrons. The number of rotatable bonds is 3. The SMILES string of the molecule is Fc1ccc2c(c1)CC(COc1ccc(Br)nc1)O2. The Bertz CT molecular complexity index is 588. The van der Waals surface area contributed by atoms with Crippen molar-refractivity contribution in [3.63, 3.8) is 0 Å². The van der Waals surface area contributed by atoms with Crippen molar-refractivity contribution in [2.75, 3.05) is 6.61 Å². The van der Waals surface area contributed by atoms with Crippen molar-refractivity contribution in [3.05, 3.63) is 52.5 Å². The van der Waals surface area contributed by atoms with Crippen LogP contribution in [0, 0.1) is 5.82 Å². The Morgan fingerprint density at radius 1 is 1.37 bits per heavy atom. The predicted molar refractivity (Wildman–Crippen MR) is 72.0 cm³/mol. The van der Waals surface area contributed by atoms with Crippen LogP contribution in [0.5, 0.6) is 11.5 Å². The normalized spacial score (nSPS) is 16.8. The third-order valence-electron chi connectivity index (χ3n) is 2.90. The van der Waals surface area contributed by atoms with Gasteiger partial charge in [0.15, 0.2) is 0 Å². The van der Waals surface area contributed by atoms with Gasteiger partial charge in [0.2, 0.25) is 0 Å². The average Bonchev–Trinajstić information content (AvgIpc) is 2.80. The number of nitrogens with zero attached hydrogens (tertiary/aromatic N) is 1. The van der Waals surface area contributed by atoms with E-state index < -0.39 is 0 Å². The fraction of sp³-hybridized carbons (Fsp3) is 0.214. The zero-order valence-corrected chi connectivity index (χ0v) is 11.6. The second-order valence-corrected chi connectivity index (χ2v) is 5.14. The van der Waals surface area contributed by atoms with Gasteiger partial charge in [-0.25, -0.2) is 9.37 Å². The molecule has 1 unspecified atom stereocenters. The standard InChI is InChI=1S/C14H11BrFNO2/c15-14-4-2-11(7-17-14)18-8-12-6-9-5-10(16)1-3-13(9)19-12/h1-5,7,12H,6,8H2. The molecule has 1 aliphatic rings. The summed E-state index contributed by atoms with van der Waals surface area (Å²) in [7, 11) is 0. The van der Waals surface area contributed by atoms with E-state index in [9.17, 15) is 4.39 Å². The van der Waals surface area contributed by atoms with Crippen LogP contribution in [0.4, 0.5) is 4.39 Å². The van der Waals surface area contributed by atoms with Crippen LogP contribution in [0.2, 0.25) is 0 Å². The number of ether oxygens (including phenoxy) is 2. The van der Waals surface area contributed by atoms with Gasteiger partial charge in [-0.05, 0) is 46.3 Å². The van der Waals surface area contributed by atoms with Crippen molar-refractivity contribution in [1.82, 2.24) is 4.98 Å². The number of pyridine rings is 1. The maximum atomic E-state index is 13.1. The molecule has 0 N–H and O–H groups in total. The van der Waals surface area contributed by atoms with Gasteiger partial charge >= 0.3 is 0 Å². The molecule has 2 aromatic rings. The topological polar surface area (TPSA) is 31.4 Å². The number of hydrogen-bond donors (Lipinski definition) is 0. The highest BCUT2D eigenvalue weighted by Gasteiger charge is 2.23. The summed E-state index contributed by atoms with van der Waals surface area (Å²) in [5.41, 5.74) is 0.891. The molecule has 0 fully saturated rings. The Labute approximate surface area is 118 Å². The minimum atomic E-state index is -0.235. The van der Waals surface area contributed by atoms with Gasteiger partial charge in [-0.3, -0.25) is 0 Å². The van der Waals surface area contributed by atoms with Crippen LogP contribution in [0.3, 0.4) is 0 Å². The molecule has 1 aromatic heterocycles. The molecule has 1 aliphatic heterocycles. The van der Waals surface area contributed by atoms with E-state index in [1.807, 2.05) is 12.1 Å². The molecular formula is C14H11BrFNO2. The van der Waals surface area contributed by atoms with E-state index in [-0.39, 0.29) is 11.9 Å². The van der Waals surface area contributed by atoms with Crippen LogP contribution in [0.25, 0.3) is 0 Å². The first-order valence-electron chi connectivity index (χ1n) is 5.90. The minimum absolute atomic E-state index is 0.0829. The number of hydrogen-bond acceptors (Lipinski definition) is 3. The number of fused-ring (bicyclic) bond motifs is 1. The summed E-state index contributed by atoms with van der Waals surface area (Å²) in [6, 6.07) is 8.22. The smallest absolute Gasteiger partial charge is 0.137 e. The third-order valence-corrected chi connectivity index (χ3v) is 3.37. The van der Waals surface area contributed by atoms with Crippen LogP contribution in [0.15, 0.2) is 41.1 Å². The summed E-state index contributed by atoms with van der Waals surface area (Å²) in [5, 5.41) is 0. The Kier molecular flexibility index (Phi) is 3.38. The van der Waals surface area contributed by atoms with Crippen molar-refractivity contribution in [2.45, 2.75) is 12.5 Å². The van der Waals surface area contributed by atoms with Gasteiger partial charge in [-0.15, -0.1) is 0 Å². The largest absolute Gasteiger partial charge is 0.488 e. The summed E-state index contributed by atoms with van der Waals surface area (Å²) in [4.78, 5) is 4.08. The lowest BCUT2D eigenvalue weighted by molar-refractivity contribution is 0.148. The Hall–Kier alpha value is -1.62. The number of aromatic nitrogens is 1. The summed E-state index contributed by atoms with van der Waals surface area (Å²) in [6.45, 7) is 0.416. The number of halogens is 2. The van der Waals surface area contributed by atoms with Crippen LogP contribution in [-0.2, 0) is 6.42 Å². The Balaban J connectivity index is 1.60. The van der Waals surface area contributed by atoms with Gasteiger partial charge in [0, 0.05) is 12.0 Å². The molecule has 0 aliphatic carbocycles. The predicted octanol–water partition coefficient (Wildman–Crippen LogP) is 3.37. The Morgan fingerprint density at radius 3 is 3.05 bits per heavy atom. The van der Waals surface area contributed by atoms with Crippen molar-refractivity contribution >= 4 is 15.9 Å². The van der Waals surface area contributed by atoms with E-state index in [2.05, 4.69) is 20.9 Å². The van der Waals surface area contributed by atoms with Crippen LogP contribution >= 0.6 is 15.9 Å². The molecule has 1 atom stereocenters. The van der Waals surface area contributed by atoms with E-state index in [4.69, 9.17) is 9.47 Å². The van der Waals surface area contributed by atoms with Crippen molar-refractivity contribution < 1.29 is 13.9 Å². The van der Waals surface area contributed by atoms with Crippen molar-refractivity contribution in [3.8, 4) is 11.5 Å². The maximum Gasteiger partial charge on any atom is 0.137 e. The first-order valence-corrected chi connectivity index (χ1v) is 6.69. The average molecular weight is 324 g/mol. The fourth-order valence-corrected chi connectivity index (χ4v) is 2.25. The van der Waals surface area contributed by atoms with Crippen LogP contribution in [-0.4, -0.2) is 17.7 Å². The second-order valence-electron chi connectivity index (χ2n) is 4.32. The second kappa shape index (κ2) is 5.17. The molecule has 0 saturated carbocycles. The summed E-state index contributed by atoms with van der Waals surface area (Å²) in [6.07, 6.45) is 2.23. The van der Waals surface area contributed by atoms with E-state index in [0.29, 0.717) is 18.8 Å². The highest BCUT2D eigenvalue weighted by molar-refractivity contribution is 9.10. The summed E-state index contributed by atoms with van der Waals surface area (Å²) < 4.78 is 25.1. The monoisotopic (exact) mass is 323 g/mol. The molecule has 1 aromatic carbocycles. The molecule has 5 heteroatoms. The van der Waals surface area contributed by atoms with Crippen LogP contribution in [0.1, 0.15) is 5.56 Å². The van der Waals surface area contributed by atoms with Gasteiger partial charge in [-0.1, -0.05) is 0 Å². The van der Waals surface area contributed by atoms with Gasteiger partial charge in [-0.2, -0.15) is 0 Å². The lowest BCUT2D eigenvalue weighted by Gasteiger charge is -2.12. The molecule has 0 spiro atoms. The molecule has 19 heavy (non-hydrogen) atoms. The highest BCUT2D eigenvalue weighted by atomic mass is 79.9. The van der Waals surface area contributed by atoms with Gasteiger partial charge in [0.25, 0.3) is 0 Å². The van der Waals surface area contributed by atoms with Crippen molar-refractivity contribution in [1.29, 1.82) is 0 Å². The van der Waals surface area contributed by atoms with E-state index in [1.54, 1.807) is 12.3 Å². The number of benzene rings is 1. The Morgan fingerprint density at radius 2 is 2.26 bits per heavy atom. The molecule has 0 radical (unpaired) electrons. The first kappa shape index (κ1) is 12.4. The molecule has 3 rings (SSSR count). The molecule has 3 nitrogen and oxygen atoms in total. The van der Waals surface area contributed by atoms with E-state index in [1.165, 1.54) is 12.1 Å². The van der Waals surface area contributed by atoms with Crippen LogP contribution < -0.4 is 9.47 Å². The fourth-order valence-electron chi connectivity index (χ4n) is 2.02. The van der Waals surface area contributed by atoms with Gasteiger partial charge in [0.05, 0.1) is 6.20 Å². The quantitative estimate of drug-likeness (QED) is 0.811. The molecular weight excluding hydrogens is 313 g/mol. The van der Waals surface area contributed by atoms with Gasteiger partial charge in [0.1, 0.15) is 34.6 Å². The molecule has 0 amide bonds. The first-order chi connectivity index (χ1) is 9.20. The molecule has 0 bridgehead atoms. The molecule has 2 heterocycles. The third kappa shape index (κ3) is 2.87. The lowest BCUT2D eigenvalue weighted by Crippen LogP contribution is -2.22. The highest BCUT2D eigenvalue weighted by Crippen LogP contribution is 2.29. The zero-order valence-electron chi connectivity index (χ0n) is 9.98. The lowest BCUT2D eigenvalue weighted by atomic mass is 10.1. The van der Waals surface area contributed by atoms with Gasteiger partial charge < -0.3 is 9.47 Å². The zero-order chi connectivity index (χ0) is 13.2. The summed E-state index contributed by atoms with van der Waals surface area (Å²) >= 11 is 3.26. The van der Waals surface area contributed by atoms with E-state index >= 15 is 0 Å².